The number of halogens is 1. The molecule has 76 valence electrons. The zero-order valence-electron chi connectivity index (χ0n) is 7.65. The second kappa shape index (κ2) is 4.35. The SMILES string of the molecule is CC(=O)c1cc(C#N)c([N+](=O)[O-])cc1I. The number of nitriles is 1. The highest BCUT2D eigenvalue weighted by atomic mass is 127. The third-order valence-electron chi connectivity index (χ3n) is 1.78. The lowest BCUT2D eigenvalue weighted by Gasteiger charge is -2.01. The van der Waals surface area contributed by atoms with Gasteiger partial charge in [-0.1, -0.05) is 0 Å². The van der Waals surface area contributed by atoms with Crippen molar-refractivity contribution in [3.63, 3.8) is 0 Å². The van der Waals surface area contributed by atoms with Crippen molar-refractivity contribution in [2.45, 2.75) is 6.92 Å². The van der Waals surface area contributed by atoms with Gasteiger partial charge in [0.15, 0.2) is 5.78 Å². The Balaban J connectivity index is 3.51. The van der Waals surface area contributed by atoms with E-state index in [1.807, 2.05) is 22.6 Å². The van der Waals surface area contributed by atoms with Crippen LogP contribution in [0, 0.1) is 25.0 Å². The fraction of sp³-hybridized carbons (Fsp3) is 0.111. The Morgan fingerprint density at radius 3 is 2.60 bits per heavy atom. The van der Waals surface area contributed by atoms with E-state index in [0.717, 1.165) is 0 Å². The molecule has 6 heteroatoms. The van der Waals surface area contributed by atoms with Crippen molar-refractivity contribution in [3.05, 3.63) is 36.9 Å². The molecule has 0 aromatic heterocycles. The normalized spacial score (nSPS) is 9.40. The predicted octanol–water partition coefficient (Wildman–Crippen LogP) is 2.27. The molecule has 15 heavy (non-hydrogen) atoms. The Morgan fingerprint density at radius 2 is 2.20 bits per heavy atom. The average molecular weight is 316 g/mol. The van der Waals surface area contributed by atoms with Crippen molar-refractivity contribution in [1.29, 1.82) is 5.26 Å². The molecule has 0 aliphatic heterocycles. The lowest BCUT2D eigenvalue weighted by atomic mass is 10.1. The molecular formula is C9H5IN2O3. The number of nitro groups is 1. The van der Waals surface area contributed by atoms with Crippen LogP contribution >= 0.6 is 22.6 Å². The van der Waals surface area contributed by atoms with Gasteiger partial charge < -0.3 is 0 Å². The maximum Gasteiger partial charge on any atom is 0.288 e. The summed E-state index contributed by atoms with van der Waals surface area (Å²) in [6.45, 7) is 1.35. The minimum Gasteiger partial charge on any atom is -0.294 e. The van der Waals surface area contributed by atoms with E-state index in [1.54, 1.807) is 6.07 Å². The maximum atomic E-state index is 11.1. The number of ketones is 1. The van der Waals surface area contributed by atoms with Crippen molar-refractivity contribution in [2.75, 3.05) is 0 Å². The second-order valence-electron chi connectivity index (χ2n) is 2.77. The van der Waals surface area contributed by atoms with Gasteiger partial charge in [-0.05, 0) is 35.6 Å². The Morgan fingerprint density at radius 1 is 1.60 bits per heavy atom. The summed E-state index contributed by atoms with van der Waals surface area (Å²) in [6.07, 6.45) is 0. The van der Waals surface area contributed by atoms with Crippen LogP contribution in [0.4, 0.5) is 5.69 Å². The van der Waals surface area contributed by atoms with E-state index in [9.17, 15) is 14.9 Å². The molecule has 0 saturated heterocycles. The second-order valence-corrected chi connectivity index (χ2v) is 3.94. The molecule has 0 saturated carbocycles. The summed E-state index contributed by atoms with van der Waals surface area (Å²) in [5.74, 6) is -0.217. The van der Waals surface area contributed by atoms with Crippen LogP contribution < -0.4 is 0 Å². The van der Waals surface area contributed by atoms with Crippen molar-refractivity contribution in [3.8, 4) is 6.07 Å². The Labute approximate surface area is 99.0 Å². The van der Waals surface area contributed by atoms with Crippen LogP contribution in [-0.2, 0) is 0 Å². The molecule has 0 N–H and O–H groups in total. The van der Waals surface area contributed by atoms with Gasteiger partial charge in [-0.3, -0.25) is 14.9 Å². The van der Waals surface area contributed by atoms with Gasteiger partial charge in [0.2, 0.25) is 0 Å². The topological polar surface area (TPSA) is 84.0 Å². The fourth-order valence-electron chi connectivity index (χ4n) is 1.07. The van der Waals surface area contributed by atoms with Crippen molar-refractivity contribution in [1.82, 2.24) is 0 Å². The van der Waals surface area contributed by atoms with Crippen molar-refractivity contribution >= 4 is 34.1 Å². The van der Waals surface area contributed by atoms with Gasteiger partial charge in [0.05, 0.1) is 4.92 Å². The minimum atomic E-state index is -0.634. The van der Waals surface area contributed by atoms with Gasteiger partial charge >= 0.3 is 0 Å². The zero-order valence-corrected chi connectivity index (χ0v) is 9.81. The van der Waals surface area contributed by atoms with Gasteiger partial charge in [0, 0.05) is 15.2 Å². The van der Waals surface area contributed by atoms with E-state index in [1.165, 1.54) is 19.1 Å². The number of carbonyl (C=O) groups is 1. The van der Waals surface area contributed by atoms with E-state index in [0.29, 0.717) is 9.13 Å². The molecule has 1 aromatic rings. The van der Waals surface area contributed by atoms with Crippen LogP contribution in [0.5, 0.6) is 0 Å². The van der Waals surface area contributed by atoms with Gasteiger partial charge in [0.25, 0.3) is 5.69 Å². The molecule has 0 radical (unpaired) electrons. The third kappa shape index (κ3) is 2.30. The summed E-state index contributed by atoms with van der Waals surface area (Å²) in [6, 6.07) is 4.19. The largest absolute Gasteiger partial charge is 0.294 e. The molecule has 0 amide bonds. The summed E-state index contributed by atoms with van der Waals surface area (Å²) >= 11 is 1.83. The van der Waals surface area contributed by atoms with Crippen LogP contribution in [0.1, 0.15) is 22.8 Å². The van der Waals surface area contributed by atoms with Crippen LogP contribution in [0.25, 0.3) is 0 Å². The van der Waals surface area contributed by atoms with Crippen LogP contribution in [0.2, 0.25) is 0 Å². The number of nitro benzene ring substituents is 1. The van der Waals surface area contributed by atoms with Crippen LogP contribution in [0.3, 0.4) is 0 Å². The molecule has 0 unspecified atom stereocenters. The summed E-state index contributed by atoms with van der Waals surface area (Å²) in [5.41, 5.74) is -0.0322. The first-order chi connectivity index (χ1) is 6.97. The Kier molecular flexibility index (Phi) is 3.36. The molecular weight excluding hydrogens is 311 g/mol. The summed E-state index contributed by atoms with van der Waals surface area (Å²) < 4.78 is 0.478. The first-order valence-corrected chi connectivity index (χ1v) is 4.94. The van der Waals surface area contributed by atoms with Gasteiger partial charge in [-0.15, -0.1) is 0 Å². The highest BCUT2D eigenvalue weighted by Crippen LogP contribution is 2.24. The van der Waals surface area contributed by atoms with E-state index in [2.05, 4.69) is 0 Å². The molecule has 1 aromatic carbocycles. The molecule has 0 spiro atoms. The molecule has 0 heterocycles. The standard InChI is InChI=1S/C9H5IN2O3/c1-5(13)7-2-6(4-11)9(12(14)15)3-8(7)10/h2-3H,1H3. The van der Waals surface area contributed by atoms with Gasteiger partial charge in [-0.2, -0.15) is 5.26 Å². The van der Waals surface area contributed by atoms with Gasteiger partial charge in [-0.25, -0.2) is 0 Å². The lowest BCUT2D eigenvalue weighted by molar-refractivity contribution is -0.385. The lowest BCUT2D eigenvalue weighted by Crippen LogP contribution is -2.00. The molecule has 0 fully saturated rings. The quantitative estimate of drug-likeness (QED) is 0.363. The highest BCUT2D eigenvalue weighted by molar-refractivity contribution is 14.1. The van der Waals surface area contributed by atoms with Crippen LogP contribution in [-0.4, -0.2) is 10.7 Å². The Hall–Kier alpha value is -1.49. The molecule has 0 aliphatic carbocycles. The number of hydrogen-bond donors (Lipinski definition) is 0. The van der Waals surface area contributed by atoms with E-state index >= 15 is 0 Å². The van der Waals surface area contributed by atoms with Crippen LogP contribution in [0.15, 0.2) is 12.1 Å². The third-order valence-corrected chi connectivity index (χ3v) is 2.67. The molecule has 0 bridgehead atoms. The summed E-state index contributed by atoms with van der Waals surface area (Å²) in [7, 11) is 0. The van der Waals surface area contributed by atoms with E-state index < -0.39 is 4.92 Å². The first-order valence-electron chi connectivity index (χ1n) is 3.86. The number of nitrogens with zero attached hydrogens (tertiary/aromatic N) is 2. The number of hydrogen-bond acceptors (Lipinski definition) is 4. The monoisotopic (exact) mass is 316 g/mol. The maximum absolute atomic E-state index is 11.1. The zero-order chi connectivity index (χ0) is 11.6. The highest BCUT2D eigenvalue weighted by Gasteiger charge is 2.18. The average Bonchev–Trinajstić information content (AvgIpc) is 2.16. The first kappa shape index (κ1) is 11.6. The number of carbonyl (C=O) groups excluding carboxylic acids is 1. The number of benzene rings is 1. The molecule has 5 nitrogen and oxygen atoms in total. The Bertz CT molecular complexity index is 491. The van der Waals surface area contributed by atoms with Crippen molar-refractivity contribution in [2.24, 2.45) is 0 Å². The van der Waals surface area contributed by atoms with E-state index in [-0.39, 0.29) is 17.0 Å². The summed E-state index contributed by atoms with van der Waals surface area (Å²) in [4.78, 5) is 21.1. The number of rotatable bonds is 2. The summed E-state index contributed by atoms with van der Waals surface area (Å²) in [5, 5.41) is 19.3. The molecule has 0 aliphatic rings. The smallest absolute Gasteiger partial charge is 0.288 e. The van der Waals surface area contributed by atoms with E-state index in [4.69, 9.17) is 5.26 Å². The number of Topliss-reactive ketones (excluding diaryl/α,β-unsaturated/α-hetero) is 1. The minimum absolute atomic E-state index is 0.0920. The fourth-order valence-corrected chi connectivity index (χ4v) is 1.90. The van der Waals surface area contributed by atoms with Crippen molar-refractivity contribution < 1.29 is 9.72 Å². The van der Waals surface area contributed by atoms with Gasteiger partial charge in [0.1, 0.15) is 11.6 Å². The predicted molar refractivity (Wildman–Crippen MR) is 60.5 cm³/mol. The molecule has 1 rings (SSSR count). The molecule has 0 atom stereocenters.